The van der Waals surface area contributed by atoms with Gasteiger partial charge in [0.15, 0.2) is 0 Å². The molecule has 6 aromatic rings. The Kier molecular flexibility index (Phi) is 12.3. The number of hydrogen-bond acceptors (Lipinski definition) is 2. The van der Waals surface area contributed by atoms with Crippen LogP contribution in [0.2, 0.25) is 0 Å². The van der Waals surface area contributed by atoms with Gasteiger partial charge in [0.1, 0.15) is 0 Å². The highest BCUT2D eigenvalue weighted by molar-refractivity contribution is 5.86. The van der Waals surface area contributed by atoms with Crippen LogP contribution < -0.4 is 0 Å². The molecular formula is C51H56N2. The Labute approximate surface area is 318 Å². The van der Waals surface area contributed by atoms with Crippen molar-refractivity contribution < 1.29 is 0 Å². The number of nitrogens with zero attached hydrogens (tertiary/aromatic N) is 2. The van der Waals surface area contributed by atoms with Gasteiger partial charge in [-0.15, -0.1) is 0 Å². The summed E-state index contributed by atoms with van der Waals surface area (Å²) in [5.41, 5.74) is 15.5. The Morgan fingerprint density at radius 3 is 1.15 bits per heavy atom. The lowest BCUT2D eigenvalue weighted by atomic mass is 9.70. The van der Waals surface area contributed by atoms with Crippen molar-refractivity contribution in [3.8, 4) is 55.9 Å². The van der Waals surface area contributed by atoms with E-state index in [4.69, 9.17) is 0 Å². The molecule has 0 amide bonds. The number of hydrogen-bond donors (Lipinski definition) is 0. The Bertz CT molecular complexity index is 1880. The molecule has 0 fully saturated rings. The van der Waals surface area contributed by atoms with Crippen LogP contribution in [0, 0.1) is 0 Å². The van der Waals surface area contributed by atoms with Crippen molar-refractivity contribution >= 4 is 0 Å². The largest absolute Gasteiger partial charge is 0.256 e. The Morgan fingerprint density at radius 1 is 0.377 bits per heavy atom. The Hall–Kier alpha value is -4.82. The maximum Gasteiger partial charge on any atom is 0.0701 e. The Balaban J connectivity index is 1.26. The maximum absolute atomic E-state index is 4.59. The summed E-state index contributed by atoms with van der Waals surface area (Å²) in [5.74, 6) is 0. The molecule has 0 saturated heterocycles. The molecule has 2 aromatic heterocycles. The molecule has 0 unspecified atom stereocenters. The van der Waals surface area contributed by atoms with Gasteiger partial charge >= 0.3 is 0 Å². The van der Waals surface area contributed by atoms with Gasteiger partial charge < -0.3 is 0 Å². The van der Waals surface area contributed by atoms with Crippen molar-refractivity contribution in [2.75, 3.05) is 0 Å². The Morgan fingerprint density at radius 2 is 0.755 bits per heavy atom. The minimum Gasteiger partial charge on any atom is -0.256 e. The van der Waals surface area contributed by atoms with E-state index in [0.717, 1.165) is 22.5 Å². The second-order valence-corrected chi connectivity index (χ2v) is 15.2. The van der Waals surface area contributed by atoms with Crippen molar-refractivity contribution in [1.29, 1.82) is 0 Å². The van der Waals surface area contributed by atoms with Crippen molar-refractivity contribution in [3.05, 3.63) is 145 Å². The average Bonchev–Trinajstić information content (AvgIpc) is 3.49. The second-order valence-electron chi connectivity index (χ2n) is 15.2. The number of aromatic nitrogens is 2. The molecular weight excluding hydrogens is 641 g/mol. The molecule has 1 aliphatic carbocycles. The van der Waals surface area contributed by atoms with Crippen LogP contribution in [-0.2, 0) is 5.41 Å². The highest BCUT2D eigenvalue weighted by atomic mass is 14.7. The van der Waals surface area contributed by atoms with Gasteiger partial charge in [0, 0.05) is 28.9 Å². The van der Waals surface area contributed by atoms with Crippen LogP contribution in [0.1, 0.15) is 115 Å². The first kappa shape index (κ1) is 36.5. The van der Waals surface area contributed by atoms with E-state index in [9.17, 15) is 0 Å². The van der Waals surface area contributed by atoms with Gasteiger partial charge in [-0.1, -0.05) is 176 Å². The molecule has 2 heterocycles. The molecule has 0 radical (unpaired) electrons. The molecule has 0 bridgehead atoms. The highest BCUT2D eigenvalue weighted by Crippen LogP contribution is 2.56. The second kappa shape index (κ2) is 17.8. The zero-order valence-corrected chi connectivity index (χ0v) is 32.0. The molecule has 0 spiro atoms. The molecule has 0 atom stereocenters. The highest BCUT2D eigenvalue weighted by Gasteiger charge is 2.42. The smallest absolute Gasteiger partial charge is 0.0701 e. The van der Waals surface area contributed by atoms with Gasteiger partial charge in [0.25, 0.3) is 0 Å². The minimum atomic E-state index is 0.00793. The van der Waals surface area contributed by atoms with Crippen LogP contribution in [0.5, 0.6) is 0 Å². The van der Waals surface area contributed by atoms with E-state index in [-0.39, 0.29) is 5.41 Å². The predicted molar refractivity (Wildman–Crippen MR) is 226 cm³/mol. The number of rotatable bonds is 18. The van der Waals surface area contributed by atoms with Crippen LogP contribution in [0.3, 0.4) is 0 Å². The van der Waals surface area contributed by atoms with Gasteiger partial charge in [0.05, 0.1) is 11.4 Å². The first-order valence-corrected chi connectivity index (χ1v) is 20.5. The average molecular weight is 697 g/mol. The number of benzene rings is 4. The van der Waals surface area contributed by atoms with Crippen LogP contribution in [0.4, 0.5) is 0 Å². The summed E-state index contributed by atoms with van der Waals surface area (Å²) < 4.78 is 0. The summed E-state index contributed by atoms with van der Waals surface area (Å²) in [7, 11) is 0. The summed E-state index contributed by atoms with van der Waals surface area (Å²) in [5, 5.41) is 0. The van der Waals surface area contributed by atoms with E-state index >= 15 is 0 Å². The SMILES string of the molecule is CCCCCCCCC1(CCCCCCCC)c2cc(-c3ccc(-c4ccccn4)cc3)ccc2-c2ccc(-c3ccc(-c4ccccn4)cc3)cc21. The fraction of sp³-hybridized carbons (Fsp3) is 0.333. The molecule has 7 rings (SSSR count). The van der Waals surface area contributed by atoms with Crippen LogP contribution in [0.25, 0.3) is 55.9 Å². The number of unbranched alkanes of at least 4 members (excludes halogenated alkanes) is 10. The third-order valence-electron chi connectivity index (χ3n) is 11.6. The zero-order chi connectivity index (χ0) is 36.3. The topological polar surface area (TPSA) is 25.8 Å². The summed E-state index contributed by atoms with van der Waals surface area (Å²) in [6, 6.07) is 45.0. The van der Waals surface area contributed by atoms with Crippen LogP contribution >= 0.6 is 0 Å². The third kappa shape index (κ3) is 8.38. The molecule has 2 heteroatoms. The molecule has 0 aliphatic heterocycles. The van der Waals surface area contributed by atoms with Gasteiger partial charge in [-0.25, -0.2) is 0 Å². The van der Waals surface area contributed by atoms with Crippen LogP contribution in [-0.4, -0.2) is 9.97 Å². The van der Waals surface area contributed by atoms with E-state index < -0.39 is 0 Å². The maximum atomic E-state index is 4.59. The van der Waals surface area contributed by atoms with Gasteiger partial charge in [0.2, 0.25) is 0 Å². The third-order valence-corrected chi connectivity index (χ3v) is 11.6. The standard InChI is InChI=1S/C51H56N2/c1-3-5-7-9-11-15-33-51(34-16-12-10-8-6-4-2)47-37-43(39-21-25-41(26-22-39)49-19-13-17-35-52-49)29-31-45(47)46-32-30-44(38-48(46)51)40-23-27-42(28-24-40)50-20-14-18-36-53-50/h13-14,17-32,35-38H,3-12,15-16,33-34H2,1-2H3. The van der Waals surface area contributed by atoms with E-state index in [1.54, 1.807) is 11.1 Å². The van der Waals surface area contributed by atoms with Gasteiger partial charge in [-0.05, 0) is 93.7 Å². The lowest BCUT2D eigenvalue weighted by Crippen LogP contribution is -2.25. The van der Waals surface area contributed by atoms with Crippen molar-refractivity contribution in [1.82, 2.24) is 9.97 Å². The summed E-state index contributed by atoms with van der Waals surface area (Å²) >= 11 is 0. The fourth-order valence-corrected chi connectivity index (χ4v) is 8.67. The number of pyridine rings is 2. The molecule has 2 nitrogen and oxygen atoms in total. The van der Waals surface area contributed by atoms with E-state index in [1.807, 2.05) is 24.5 Å². The first-order valence-electron chi connectivity index (χ1n) is 20.5. The van der Waals surface area contributed by atoms with Crippen molar-refractivity contribution in [2.24, 2.45) is 0 Å². The normalized spacial score (nSPS) is 12.8. The molecule has 53 heavy (non-hydrogen) atoms. The molecule has 270 valence electrons. The lowest BCUT2D eigenvalue weighted by molar-refractivity contribution is 0.398. The molecule has 4 aromatic carbocycles. The summed E-state index contributed by atoms with van der Waals surface area (Å²) in [6.45, 7) is 4.63. The molecule has 0 N–H and O–H groups in total. The van der Waals surface area contributed by atoms with E-state index in [2.05, 4.69) is 133 Å². The van der Waals surface area contributed by atoms with Crippen molar-refractivity contribution in [3.63, 3.8) is 0 Å². The molecule has 1 aliphatic rings. The van der Waals surface area contributed by atoms with Crippen molar-refractivity contribution in [2.45, 2.75) is 109 Å². The fourth-order valence-electron chi connectivity index (χ4n) is 8.67. The van der Waals surface area contributed by atoms with Gasteiger partial charge in [-0.2, -0.15) is 0 Å². The lowest BCUT2D eigenvalue weighted by Gasteiger charge is -2.33. The minimum absolute atomic E-state index is 0.00793. The zero-order valence-electron chi connectivity index (χ0n) is 32.0. The quantitative estimate of drug-likeness (QED) is 0.0836. The first-order chi connectivity index (χ1) is 26.2. The van der Waals surface area contributed by atoms with Crippen LogP contribution in [0.15, 0.2) is 134 Å². The monoisotopic (exact) mass is 696 g/mol. The number of fused-ring (bicyclic) bond motifs is 3. The predicted octanol–water partition coefficient (Wildman–Crippen LogP) is 14.9. The summed E-state index contributed by atoms with van der Waals surface area (Å²) in [6.07, 6.45) is 22.0. The van der Waals surface area contributed by atoms with E-state index in [1.165, 1.54) is 123 Å². The molecule has 0 saturated carbocycles. The van der Waals surface area contributed by atoms with E-state index in [0.29, 0.717) is 0 Å². The van der Waals surface area contributed by atoms with Gasteiger partial charge in [-0.3, -0.25) is 9.97 Å². The summed E-state index contributed by atoms with van der Waals surface area (Å²) in [4.78, 5) is 9.18.